The van der Waals surface area contributed by atoms with Gasteiger partial charge in [0.05, 0.1) is 10.7 Å². The molecule has 3 aromatic rings. The van der Waals surface area contributed by atoms with Crippen molar-refractivity contribution in [1.29, 1.82) is 0 Å². The van der Waals surface area contributed by atoms with Crippen LogP contribution in [0, 0.1) is 0 Å². The second kappa shape index (κ2) is 11.0. The minimum absolute atomic E-state index is 0.0290. The monoisotopic (exact) mass is 522 g/mol. The molecule has 164 valence electrons. The van der Waals surface area contributed by atoms with E-state index < -0.39 is 5.97 Å². The Hall–Kier alpha value is -2.01. The summed E-state index contributed by atoms with van der Waals surface area (Å²) >= 11 is 9.29. The third kappa shape index (κ3) is 6.49. The number of halogens is 1. The van der Waals surface area contributed by atoms with Crippen LogP contribution in [-0.2, 0) is 17.8 Å². The molecule has 0 saturated heterocycles. The van der Waals surface area contributed by atoms with Crippen molar-refractivity contribution in [3.05, 3.63) is 58.5 Å². The van der Waals surface area contributed by atoms with Crippen molar-refractivity contribution in [2.45, 2.75) is 41.6 Å². The first-order valence-electron chi connectivity index (χ1n) is 9.55. The summed E-state index contributed by atoms with van der Waals surface area (Å²) < 4.78 is 7.99. The van der Waals surface area contributed by atoms with E-state index in [1.807, 2.05) is 36.6 Å². The first-order valence-corrected chi connectivity index (χ1v) is 12.0. The summed E-state index contributed by atoms with van der Waals surface area (Å²) in [6.07, 6.45) is 8.25. The summed E-state index contributed by atoms with van der Waals surface area (Å²) in [5.41, 5.74) is 7.89. The second-order valence-corrected chi connectivity index (χ2v) is 9.11. The Morgan fingerprint density at radius 3 is 2.77 bits per heavy atom. The zero-order chi connectivity index (χ0) is 22.4. The number of aromatic nitrogens is 3. The standard InChI is InChI=1S/C12H10BrNOS2.C9H13N3O2/c1-17-10-4-2-8(3-5-10)15-12-11(13)6-9(16)7-14-12;10-7-2-1-3-8-6(7)4-11-12(8)5-9(13)14/h2-7,16H,1H3;4,7H,1-3,5,10H2,(H,13,14). The second-order valence-electron chi connectivity index (χ2n) is 6.85. The fourth-order valence-corrected chi connectivity index (χ4v) is 4.37. The first kappa shape index (κ1) is 23.6. The van der Waals surface area contributed by atoms with E-state index in [1.165, 1.54) is 9.58 Å². The molecule has 1 aliphatic carbocycles. The van der Waals surface area contributed by atoms with Gasteiger partial charge in [-0.2, -0.15) is 5.10 Å². The highest BCUT2D eigenvalue weighted by molar-refractivity contribution is 9.10. The zero-order valence-corrected chi connectivity index (χ0v) is 20.2. The molecule has 0 spiro atoms. The molecular weight excluding hydrogens is 500 g/mol. The number of fused-ring (bicyclic) bond motifs is 1. The molecule has 4 rings (SSSR count). The molecule has 0 saturated carbocycles. The van der Waals surface area contributed by atoms with Gasteiger partial charge in [0.1, 0.15) is 12.3 Å². The van der Waals surface area contributed by atoms with Crippen molar-refractivity contribution < 1.29 is 14.6 Å². The largest absolute Gasteiger partial charge is 0.480 e. The number of hydrogen-bond donors (Lipinski definition) is 3. The molecule has 0 aliphatic heterocycles. The minimum Gasteiger partial charge on any atom is -0.480 e. The Balaban J connectivity index is 0.000000179. The highest BCUT2D eigenvalue weighted by atomic mass is 79.9. The van der Waals surface area contributed by atoms with E-state index in [0.717, 1.165) is 45.6 Å². The fourth-order valence-electron chi connectivity index (χ4n) is 3.16. The van der Waals surface area contributed by atoms with E-state index in [4.69, 9.17) is 15.6 Å². The third-order valence-electron chi connectivity index (χ3n) is 4.66. The van der Waals surface area contributed by atoms with Crippen molar-refractivity contribution in [1.82, 2.24) is 14.8 Å². The summed E-state index contributed by atoms with van der Waals surface area (Å²) in [5, 5.41) is 12.7. The number of nitrogens with zero attached hydrogens (tertiary/aromatic N) is 3. The molecule has 31 heavy (non-hydrogen) atoms. The number of carbonyl (C=O) groups is 1. The average Bonchev–Trinajstić information content (AvgIpc) is 3.15. The molecule has 2 aromatic heterocycles. The van der Waals surface area contributed by atoms with E-state index >= 15 is 0 Å². The van der Waals surface area contributed by atoms with Crippen LogP contribution in [-0.4, -0.2) is 32.1 Å². The number of thioether (sulfide) groups is 1. The van der Waals surface area contributed by atoms with Crippen LogP contribution < -0.4 is 10.5 Å². The van der Waals surface area contributed by atoms with E-state index in [0.29, 0.717) is 5.88 Å². The molecule has 1 aliphatic rings. The topological polar surface area (TPSA) is 103 Å². The van der Waals surface area contributed by atoms with E-state index in [9.17, 15) is 4.79 Å². The number of hydrogen-bond acceptors (Lipinski definition) is 7. The molecule has 0 radical (unpaired) electrons. The van der Waals surface area contributed by atoms with Gasteiger partial charge < -0.3 is 15.6 Å². The number of benzene rings is 1. The minimum atomic E-state index is -0.866. The SMILES string of the molecule is CSc1ccc(Oc2ncc(S)cc2Br)cc1.NC1CCCc2c1cnn2CC(=O)O. The van der Waals surface area contributed by atoms with Crippen LogP contribution >= 0.6 is 40.3 Å². The molecule has 1 unspecified atom stereocenters. The van der Waals surface area contributed by atoms with Crippen molar-refractivity contribution in [2.75, 3.05) is 6.26 Å². The van der Waals surface area contributed by atoms with E-state index in [1.54, 1.807) is 24.2 Å². The van der Waals surface area contributed by atoms with Gasteiger partial charge in [-0.05, 0) is 71.8 Å². The summed E-state index contributed by atoms with van der Waals surface area (Å²) in [4.78, 5) is 16.7. The highest BCUT2D eigenvalue weighted by Crippen LogP contribution is 2.30. The number of carboxylic acids is 1. The average molecular weight is 523 g/mol. The number of ether oxygens (including phenoxy) is 1. The summed E-state index contributed by atoms with van der Waals surface area (Å²) in [7, 11) is 0. The number of aliphatic carboxylic acids is 1. The van der Waals surface area contributed by atoms with Crippen molar-refractivity contribution in [3.63, 3.8) is 0 Å². The van der Waals surface area contributed by atoms with Crippen molar-refractivity contribution in [3.8, 4) is 11.6 Å². The molecule has 2 heterocycles. The van der Waals surface area contributed by atoms with Crippen LogP contribution in [0.3, 0.4) is 0 Å². The van der Waals surface area contributed by atoms with Crippen LogP contribution in [0.1, 0.15) is 30.1 Å². The molecule has 10 heteroatoms. The number of rotatable bonds is 5. The molecule has 7 nitrogen and oxygen atoms in total. The number of carboxylic acid groups (broad SMARTS) is 1. The van der Waals surface area contributed by atoms with Crippen LogP contribution in [0.2, 0.25) is 0 Å². The van der Waals surface area contributed by atoms with E-state index in [-0.39, 0.29) is 12.6 Å². The maximum Gasteiger partial charge on any atom is 0.325 e. The van der Waals surface area contributed by atoms with Crippen molar-refractivity contribution >= 4 is 46.3 Å². The lowest BCUT2D eigenvalue weighted by Crippen LogP contribution is -2.20. The Morgan fingerprint density at radius 2 is 2.13 bits per heavy atom. The predicted octanol–water partition coefficient (Wildman–Crippen LogP) is 4.95. The molecule has 1 aromatic carbocycles. The van der Waals surface area contributed by atoms with Gasteiger partial charge >= 0.3 is 5.97 Å². The molecule has 3 N–H and O–H groups in total. The molecule has 1 atom stereocenters. The lowest BCUT2D eigenvalue weighted by atomic mass is 9.94. The smallest absolute Gasteiger partial charge is 0.325 e. The molecule has 0 amide bonds. The Kier molecular flexibility index (Phi) is 8.42. The van der Waals surface area contributed by atoms with Gasteiger partial charge in [0.25, 0.3) is 0 Å². The van der Waals surface area contributed by atoms with Crippen LogP contribution in [0.15, 0.2) is 57.0 Å². The molecule has 0 bridgehead atoms. The Labute approximate surface area is 198 Å². The summed E-state index contributed by atoms with van der Waals surface area (Å²) in [6.45, 7) is -0.0674. The normalized spacial score (nSPS) is 14.9. The number of pyridine rings is 1. The van der Waals surface area contributed by atoms with Crippen LogP contribution in [0.5, 0.6) is 11.6 Å². The molecular formula is C21H23BrN4O3S2. The van der Waals surface area contributed by atoms with Gasteiger partial charge in [-0.1, -0.05) is 0 Å². The Morgan fingerprint density at radius 1 is 1.39 bits per heavy atom. The maximum absolute atomic E-state index is 10.5. The van der Waals surface area contributed by atoms with Gasteiger partial charge in [0.15, 0.2) is 0 Å². The van der Waals surface area contributed by atoms with Crippen molar-refractivity contribution in [2.24, 2.45) is 5.73 Å². The van der Waals surface area contributed by atoms with Crippen LogP contribution in [0.25, 0.3) is 0 Å². The van der Waals surface area contributed by atoms with Crippen LogP contribution in [0.4, 0.5) is 0 Å². The quantitative estimate of drug-likeness (QED) is 0.321. The summed E-state index contributed by atoms with van der Waals surface area (Å²) in [6, 6.07) is 9.76. The van der Waals surface area contributed by atoms with Gasteiger partial charge in [0, 0.05) is 33.3 Å². The first-order chi connectivity index (χ1) is 14.9. The lowest BCUT2D eigenvalue weighted by molar-refractivity contribution is -0.137. The predicted molar refractivity (Wildman–Crippen MR) is 127 cm³/mol. The van der Waals surface area contributed by atoms with Gasteiger partial charge in [0.2, 0.25) is 5.88 Å². The zero-order valence-electron chi connectivity index (χ0n) is 16.9. The van der Waals surface area contributed by atoms with Gasteiger partial charge in [-0.15, -0.1) is 24.4 Å². The number of thiol groups is 1. The lowest BCUT2D eigenvalue weighted by Gasteiger charge is -2.18. The highest BCUT2D eigenvalue weighted by Gasteiger charge is 2.21. The Bertz CT molecular complexity index is 1040. The van der Waals surface area contributed by atoms with Gasteiger partial charge in [-0.25, -0.2) is 4.98 Å². The van der Waals surface area contributed by atoms with Gasteiger partial charge in [-0.3, -0.25) is 9.48 Å². The van der Waals surface area contributed by atoms with E-state index in [2.05, 4.69) is 38.6 Å². The molecule has 0 fully saturated rings. The third-order valence-corrected chi connectivity index (χ3v) is 6.22. The number of nitrogens with two attached hydrogens (primary N) is 1. The fraction of sp³-hybridized carbons (Fsp3) is 0.286. The summed E-state index contributed by atoms with van der Waals surface area (Å²) in [5.74, 6) is 0.442. The maximum atomic E-state index is 10.5.